The van der Waals surface area contributed by atoms with Gasteiger partial charge in [-0.15, -0.1) is 0 Å². The molecule has 1 aliphatic rings. The number of alkyl halides is 3. The first-order valence-electron chi connectivity index (χ1n) is 10.0. The molecule has 166 valence electrons. The zero-order valence-corrected chi connectivity index (χ0v) is 17.4. The molecule has 5 nitrogen and oxygen atoms in total. The summed E-state index contributed by atoms with van der Waals surface area (Å²) in [4.78, 5) is 23.7. The minimum absolute atomic E-state index is 0.301. The third kappa shape index (κ3) is 3.55. The molecule has 0 amide bonds. The van der Waals surface area contributed by atoms with E-state index in [4.69, 9.17) is 4.74 Å². The molecular formula is C24H20F3NO4. The molecule has 2 heterocycles. The van der Waals surface area contributed by atoms with Gasteiger partial charge in [-0.3, -0.25) is 4.79 Å². The summed E-state index contributed by atoms with van der Waals surface area (Å²) in [6.07, 6.45) is -1.86. The molecule has 0 saturated carbocycles. The highest BCUT2D eigenvalue weighted by molar-refractivity contribution is 5.88. The second-order valence-corrected chi connectivity index (χ2v) is 7.58. The number of benzene rings is 2. The summed E-state index contributed by atoms with van der Waals surface area (Å²) in [5.74, 6) is -0.700. The van der Waals surface area contributed by atoms with Crippen LogP contribution in [0.25, 0.3) is 22.4 Å². The molecule has 3 aromatic rings. The fourth-order valence-electron chi connectivity index (χ4n) is 4.32. The number of methoxy groups -OCH3 is 1. The molecule has 0 unspecified atom stereocenters. The second kappa shape index (κ2) is 7.85. The summed E-state index contributed by atoms with van der Waals surface area (Å²) in [6.45, 7) is 2.46. The van der Waals surface area contributed by atoms with Crippen LogP contribution in [-0.4, -0.2) is 22.8 Å². The summed E-state index contributed by atoms with van der Waals surface area (Å²) in [5.41, 5.74) is 2.75. The number of pyridine rings is 1. The first kappa shape index (κ1) is 21.7. The van der Waals surface area contributed by atoms with Gasteiger partial charge in [0.05, 0.1) is 18.4 Å². The van der Waals surface area contributed by atoms with E-state index >= 15 is 0 Å². The topological polar surface area (TPSA) is 68.5 Å². The molecule has 1 aliphatic heterocycles. The quantitative estimate of drug-likeness (QED) is 0.615. The average molecular weight is 443 g/mol. The number of carboxylic acid groups (broad SMARTS) is 1. The van der Waals surface area contributed by atoms with Crippen LogP contribution in [0, 0.1) is 0 Å². The normalized spacial score (nSPS) is 12.8. The number of halogens is 3. The van der Waals surface area contributed by atoms with Crippen molar-refractivity contribution in [1.29, 1.82) is 0 Å². The van der Waals surface area contributed by atoms with Crippen molar-refractivity contribution in [3.05, 3.63) is 75.1 Å². The number of aromatic nitrogens is 1. The van der Waals surface area contributed by atoms with Crippen LogP contribution in [0.1, 0.15) is 34.0 Å². The standard InChI is InChI=1S/C24H20F3NO4/c1-3-15-16-8-9-28-12-19(23(30)31)21(29)11-20(28)18(16)10-17(22(15)32-2)13-4-6-14(7-5-13)24(25,26)27/h4-7,10-12H,3,8-9H2,1-2H3,(H,30,31). The van der Waals surface area contributed by atoms with Crippen LogP contribution in [0.15, 0.2) is 47.4 Å². The zero-order valence-electron chi connectivity index (χ0n) is 17.4. The van der Waals surface area contributed by atoms with Gasteiger partial charge in [0.1, 0.15) is 11.3 Å². The van der Waals surface area contributed by atoms with Gasteiger partial charge < -0.3 is 14.4 Å². The first-order valence-corrected chi connectivity index (χ1v) is 10.0. The fourth-order valence-corrected chi connectivity index (χ4v) is 4.32. The number of ether oxygens (including phenoxy) is 1. The number of rotatable bonds is 4. The van der Waals surface area contributed by atoms with Gasteiger partial charge in [-0.1, -0.05) is 19.1 Å². The molecule has 0 saturated heterocycles. The maximum atomic E-state index is 13.0. The van der Waals surface area contributed by atoms with Crippen LogP contribution in [0.2, 0.25) is 0 Å². The highest BCUT2D eigenvalue weighted by atomic mass is 19.4. The molecule has 0 radical (unpaired) electrons. The Kier molecular flexibility index (Phi) is 5.32. The number of hydrogen-bond acceptors (Lipinski definition) is 3. The molecule has 0 fully saturated rings. The van der Waals surface area contributed by atoms with Crippen LogP contribution < -0.4 is 10.2 Å². The highest BCUT2D eigenvalue weighted by Gasteiger charge is 2.30. The largest absolute Gasteiger partial charge is 0.496 e. The van der Waals surface area contributed by atoms with Crippen molar-refractivity contribution in [2.75, 3.05) is 7.11 Å². The Labute approximate surface area is 181 Å². The Morgan fingerprint density at radius 2 is 1.84 bits per heavy atom. The van der Waals surface area contributed by atoms with Crippen LogP contribution in [-0.2, 0) is 25.6 Å². The number of aromatic carboxylic acids is 1. The Bertz CT molecular complexity index is 1270. The highest BCUT2D eigenvalue weighted by Crippen LogP contribution is 2.43. The Balaban J connectivity index is 1.96. The Hall–Kier alpha value is -3.55. The third-order valence-electron chi connectivity index (χ3n) is 5.81. The van der Waals surface area contributed by atoms with E-state index in [1.807, 2.05) is 6.92 Å². The lowest BCUT2D eigenvalue weighted by Gasteiger charge is -2.27. The molecular weight excluding hydrogens is 423 g/mol. The molecule has 32 heavy (non-hydrogen) atoms. The monoisotopic (exact) mass is 443 g/mol. The van der Waals surface area contributed by atoms with E-state index in [1.54, 1.807) is 10.6 Å². The van der Waals surface area contributed by atoms with Crippen LogP contribution >= 0.6 is 0 Å². The van der Waals surface area contributed by atoms with E-state index in [0.29, 0.717) is 42.0 Å². The SMILES string of the molecule is CCc1c2c(cc(-c3ccc(C(F)(F)F)cc3)c1OC)-c1cc(=O)c(C(=O)O)cn1CC2. The second-order valence-electron chi connectivity index (χ2n) is 7.58. The van der Waals surface area contributed by atoms with Crippen LogP contribution in [0.3, 0.4) is 0 Å². The zero-order chi connectivity index (χ0) is 23.2. The van der Waals surface area contributed by atoms with E-state index in [9.17, 15) is 27.9 Å². The number of aryl methyl sites for hydroxylation is 1. The molecule has 2 aromatic carbocycles. The summed E-state index contributed by atoms with van der Waals surface area (Å²) in [6, 6.07) is 7.96. The minimum atomic E-state index is -4.44. The van der Waals surface area contributed by atoms with Gasteiger partial charge in [0, 0.05) is 29.9 Å². The van der Waals surface area contributed by atoms with Crippen molar-refractivity contribution in [3.63, 3.8) is 0 Å². The predicted octanol–water partition coefficient (Wildman–Crippen LogP) is 5.03. The van der Waals surface area contributed by atoms with Crippen molar-refractivity contribution in [2.24, 2.45) is 0 Å². The van der Waals surface area contributed by atoms with Crippen molar-refractivity contribution in [1.82, 2.24) is 4.57 Å². The Morgan fingerprint density at radius 1 is 1.16 bits per heavy atom. The fraction of sp³-hybridized carbons (Fsp3) is 0.250. The lowest BCUT2D eigenvalue weighted by atomic mass is 9.86. The molecule has 0 atom stereocenters. The van der Waals surface area contributed by atoms with Gasteiger partial charge in [0.25, 0.3) is 0 Å². The van der Waals surface area contributed by atoms with Crippen molar-refractivity contribution < 1.29 is 27.8 Å². The van der Waals surface area contributed by atoms with Gasteiger partial charge in [-0.25, -0.2) is 4.79 Å². The molecule has 1 aromatic heterocycles. The van der Waals surface area contributed by atoms with Gasteiger partial charge in [-0.2, -0.15) is 13.2 Å². The van der Waals surface area contributed by atoms with Crippen molar-refractivity contribution >= 4 is 5.97 Å². The van der Waals surface area contributed by atoms with E-state index in [1.165, 1.54) is 31.5 Å². The van der Waals surface area contributed by atoms with E-state index in [-0.39, 0.29) is 5.56 Å². The van der Waals surface area contributed by atoms with E-state index in [2.05, 4.69) is 0 Å². The van der Waals surface area contributed by atoms with Crippen molar-refractivity contribution in [2.45, 2.75) is 32.5 Å². The first-order chi connectivity index (χ1) is 15.2. The summed E-state index contributed by atoms with van der Waals surface area (Å²) < 4.78 is 46.4. The minimum Gasteiger partial charge on any atom is -0.496 e. The maximum Gasteiger partial charge on any atom is 0.416 e. The molecule has 0 spiro atoms. The van der Waals surface area contributed by atoms with Gasteiger partial charge in [0.2, 0.25) is 0 Å². The lowest BCUT2D eigenvalue weighted by Crippen LogP contribution is -2.22. The number of nitrogens with zero attached hydrogens (tertiary/aromatic N) is 1. The summed E-state index contributed by atoms with van der Waals surface area (Å²) in [7, 11) is 1.52. The predicted molar refractivity (Wildman–Crippen MR) is 113 cm³/mol. The van der Waals surface area contributed by atoms with Gasteiger partial charge in [-0.05, 0) is 47.7 Å². The summed E-state index contributed by atoms with van der Waals surface area (Å²) in [5, 5.41) is 9.28. The number of carbonyl (C=O) groups is 1. The average Bonchev–Trinajstić information content (AvgIpc) is 2.76. The third-order valence-corrected chi connectivity index (χ3v) is 5.81. The number of carboxylic acids is 1. The maximum absolute atomic E-state index is 13.0. The smallest absolute Gasteiger partial charge is 0.416 e. The van der Waals surface area contributed by atoms with Crippen LogP contribution in [0.4, 0.5) is 13.2 Å². The number of hydrogen-bond donors (Lipinski definition) is 1. The molecule has 1 N–H and O–H groups in total. The lowest BCUT2D eigenvalue weighted by molar-refractivity contribution is -0.137. The molecule has 8 heteroatoms. The number of fused-ring (bicyclic) bond motifs is 3. The molecule has 0 bridgehead atoms. The van der Waals surface area contributed by atoms with Crippen molar-refractivity contribution in [3.8, 4) is 28.1 Å². The summed E-state index contributed by atoms with van der Waals surface area (Å²) >= 11 is 0. The van der Waals surface area contributed by atoms with Gasteiger partial charge in [0.15, 0.2) is 5.43 Å². The van der Waals surface area contributed by atoms with E-state index in [0.717, 1.165) is 28.8 Å². The molecule has 0 aliphatic carbocycles. The van der Waals surface area contributed by atoms with E-state index < -0.39 is 23.1 Å². The Morgan fingerprint density at radius 3 is 2.41 bits per heavy atom. The van der Waals surface area contributed by atoms with Gasteiger partial charge >= 0.3 is 12.1 Å². The molecule has 4 rings (SSSR count). The van der Waals surface area contributed by atoms with Crippen LogP contribution in [0.5, 0.6) is 5.75 Å².